The quantitative estimate of drug-likeness (QED) is 0.910. The minimum Gasteiger partial charge on any atom is -0.481 e. The van der Waals surface area contributed by atoms with Gasteiger partial charge in [-0.05, 0) is 49.4 Å². The van der Waals surface area contributed by atoms with Crippen molar-refractivity contribution in [3.05, 3.63) is 35.1 Å². The van der Waals surface area contributed by atoms with Gasteiger partial charge in [-0.1, -0.05) is 6.42 Å². The average molecular weight is 291 g/mol. The second-order valence-electron chi connectivity index (χ2n) is 6.25. The van der Waals surface area contributed by atoms with Gasteiger partial charge < -0.3 is 10.0 Å². The van der Waals surface area contributed by atoms with Crippen molar-refractivity contribution in [1.82, 2.24) is 4.90 Å². The number of aryl methyl sites for hydroxylation is 1. The lowest BCUT2D eigenvalue weighted by molar-refractivity contribution is -0.149. The lowest BCUT2D eigenvalue weighted by Crippen LogP contribution is -2.37. The summed E-state index contributed by atoms with van der Waals surface area (Å²) in [6.07, 6.45) is 2.37. The third-order valence-corrected chi connectivity index (χ3v) is 4.87. The zero-order valence-electron chi connectivity index (χ0n) is 11.9. The third kappa shape index (κ3) is 2.20. The first-order valence-corrected chi connectivity index (χ1v) is 7.22. The highest BCUT2D eigenvalue weighted by Gasteiger charge is 2.55. The molecule has 1 saturated carbocycles. The lowest BCUT2D eigenvalue weighted by atomic mass is 9.81. The summed E-state index contributed by atoms with van der Waals surface area (Å²) in [7, 11) is 0. The molecule has 1 aromatic carbocycles. The smallest absolute Gasteiger partial charge is 0.311 e. The topological polar surface area (TPSA) is 57.6 Å². The normalized spacial score (nSPS) is 27.7. The van der Waals surface area contributed by atoms with E-state index < -0.39 is 17.2 Å². The van der Waals surface area contributed by atoms with Gasteiger partial charge in [-0.2, -0.15) is 0 Å². The molecule has 1 aliphatic carbocycles. The van der Waals surface area contributed by atoms with Crippen LogP contribution >= 0.6 is 0 Å². The highest BCUT2D eigenvalue weighted by molar-refractivity contribution is 5.95. The lowest BCUT2D eigenvalue weighted by Gasteiger charge is -2.23. The molecule has 0 unspecified atom stereocenters. The maximum absolute atomic E-state index is 13.4. The summed E-state index contributed by atoms with van der Waals surface area (Å²) < 4.78 is 13.4. The van der Waals surface area contributed by atoms with Gasteiger partial charge in [0.15, 0.2) is 0 Å². The molecule has 0 aromatic heterocycles. The van der Waals surface area contributed by atoms with Gasteiger partial charge in [-0.3, -0.25) is 9.59 Å². The van der Waals surface area contributed by atoms with Crippen LogP contribution in [0.1, 0.15) is 35.2 Å². The molecule has 1 aromatic rings. The van der Waals surface area contributed by atoms with Crippen LogP contribution in [0.3, 0.4) is 0 Å². The number of carbonyl (C=O) groups is 2. The zero-order valence-corrected chi connectivity index (χ0v) is 11.9. The van der Waals surface area contributed by atoms with Gasteiger partial charge in [0.25, 0.3) is 5.91 Å². The van der Waals surface area contributed by atoms with Crippen molar-refractivity contribution in [1.29, 1.82) is 0 Å². The van der Waals surface area contributed by atoms with Crippen molar-refractivity contribution < 1.29 is 19.1 Å². The van der Waals surface area contributed by atoms with E-state index in [2.05, 4.69) is 0 Å². The molecule has 4 nitrogen and oxygen atoms in total. The summed E-state index contributed by atoms with van der Waals surface area (Å²) in [6, 6.07) is 4.23. The molecule has 1 aliphatic heterocycles. The molecule has 0 spiro atoms. The van der Waals surface area contributed by atoms with Gasteiger partial charge in [-0.25, -0.2) is 4.39 Å². The SMILES string of the molecule is Cc1cc(F)cc(C(=O)N2C[C@@H]3CCC[C@@]3(C(=O)O)C2)c1. The standard InChI is InChI=1S/C16H18FNO3/c1-10-5-11(7-13(17)6-10)14(19)18-8-12-3-2-4-16(12,9-18)15(20)21/h5-7,12H,2-4,8-9H2,1H3,(H,20,21)/t12-,16+/m0/s1. The highest BCUT2D eigenvalue weighted by Crippen LogP contribution is 2.49. The number of aliphatic carboxylic acids is 1. The van der Waals surface area contributed by atoms with Gasteiger partial charge in [0.1, 0.15) is 5.82 Å². The van der Waals surface area contributed by atoms with Crippen LogP contribution in [-0.4, -0.2) is 35.0 Å². The number of carbonyl (C=O) groups excluding carboxylic acids is 1. The molecule has 1 heterocycles. The number of hydrogen-bond acceptors (Lipinski definition) is 2. The average Bonchev–Trinajstić information content (AvgIpc) is 2.93. The molecule has 5 heteroatoms. The Morgan fingerprint density at radius 2 is 2.14 bits per heavy atom. The first kappa shape index (κ1) is 14.0. The van der Waals surface area contributed by atoms with Crippen molar-refractivity contribution in [2.45, 2.75) is 26.2 Å². The van der Waals surface area contributed by atoms with Crippen molar-refractivity contribution in [2.75, 3.05) is 13.1 Å². The largest absolute Gasteiger partial charge is 0.481 e. The number of nitrogens with zero attached hydrogens (tertiary/aromatic N) is 1. The Morgan fingerprint density at radius 1 is 1.38 bits per heavy atom. The molecule has 2 atom stereocenters. The highest BCUT2D eigenvalue weighted by atomic mass is 19.1. The number of fused-ring (bicyclic) bond motifs is 1. The fraction of sp³-hybridized carbons (Fsp3) is 0.500. The summed E-state index contributed by atoms with van der Waals surface area (Å²) in [5.74, 6) is -1.50. The summed E-state index contributed by atoms with van der Waals surface area (Å²) in [5, 5.41) is 9.53. The first-order valence-electron chi connectivity index (χ1n) is 7.22. The van der Waals surface area contributed by atoms with Crippen LogP contribution in [-0.2, 0) is 4.79 Å². The molecule has 0 bridgehead atoms. The van der Waals surface area contributed by atoms with E-state index in [0.29, 0.717) is 24.1 Å². The van der Waals surface area contributed by atoms with Crippen LogP contribution in [0.5, 0.6) is 0 Å². The Labute approximate surface area is 122 Å². The van der Waals surface area contributed by atoms with Gasteiger partial charge in [0.2, 0.25) is 0 Å². The molecule has 21 heavy (non-hydrogen) atoms. The number of hydrogen-bond donors (Lipinski definition) is 1. The van der Waals surface area contributed by atoms with Crippen molar-refractivity contribution in [2.24, 2.45) is 11.3 Å². The van der Waals surface area contributed by atoms with Crippen molar-refractivity contribution in [3.8, 4) is 0 Å². The Morgan fingerprint density at radius 3 is 2.76 bits per heavy atom. The molecule has 1 N–H and O–H groups in total. The monoisotopic (exact) mass is 291 g/mol. The molecular weight excluding hydrogens is 273 g/mol. The predicted molar refractivity (Wildman–Crippen MR) is 74.5 cm³/mol. The molecule has 2 fully saturated rings. The van der Waals surface area contributed by atoms with Crippen LogP contribution in [0, 0.1) is 24.1 Å². The maximum Gasteiger partial charge on any atom is 0.311 e. The Kier molecular flexibility index (Phi) is 3.23. The van der Waals surface area contributed by atoms with E-state index >= 15 is 0 Å². The summed E-state index contributed by atoms with van der Waals surface area (Å²) in [4.78, 5) is 25.7. The molecule has 3 rings (SSSR count). The Hall–Kier alpha value is -1.91. The van der Waals surface area contributed by atoms with Gasteiger partial charge in [0.05, 0.1) is 5.41 Å². The van der Waals surface area contributed by atoms with Crippen molar-refractivity contribution in [3.63, 3.8) is 0 Å². The Bertz CT molecular complexity index is 595. The minimum absolute atomic E-state index is 0.0219. The fourth-order valence-electron chi connectivity index (χ4n) is 3.84. The van der Waals surface area contributed by atoms with Gasteiger partial charge in [-0.15, -0.1) is 0 Å². The number of carboxylic acids is 1. The number of halogens is 1. The summed E-state index contributed by atoms with van der Waals surface area (Å²) in [5.41, 5.74) is 0.191. The van der Waals surface area contributed by atoms with E-state index in [-0.39, 0.29) is 18.4 Å². The third-order valence-electron chi connectivity index (χ3n) is 4.87. The van der Waals surface area contributed by atoms with Crippen LogP contribution in [0.2, 0.25) is 0 Å². The molecule has 112 valence electrons. The molecule has 1 amide bonds. The van der Waals surface area contributed by atoms with E-state index in [0.717, 1.165) is 12.8 Å². The van der Waals surface area contributed by atoms with Crippen molar-refractivity contribution >= 4 is 11.9 Å². The van der Waals surface area contributed by atoms with Gasteiger partial charge >= 0.3 is 5.97 Å². The van der Waals surface area contributed by atoms with Crippen LogP contribution in [0.15, 0.2) is 18.2 Å². The molecular formula is C16H18FNO3. The van der Waals surface area contributed by atoms with Crippen LogP contribution in [0.25, 0.3) is 0 Å². The number of benzene rings is 1. The fourth-order valence-corrected chi connectivity index (χ4v) is 3.84. The van der Waals surface area contributed by atoms with Crippen LogP contribution in [0.4, 0.5) is 4.39 Å². The van der Waals surface area contributed by atoms with E-state index in [1.165, 1.54) is 12.1 Å². The summed E-state index contributed by atoms with van der Waals surface area (Å²) in [6.45, 7) is 2.43. The van der Waals surface area contributed by atoms with E-state index in [4.69, 9.17) is 0 Å². The zero-order chi connectivity index (χ0) is 15.2. The summed E-state index contributed by atoms with van der Waals surface area (Å²) >= 11 is 0. The van der Waals surface area contributed by atoms with E-state index in [1.807, 2.05) is 0 Å². The number of likely N-dealkylation sites (tertiary alicyclic amines) is 1. The first-order chi connectivity index (χ1) is 9.92. The Balaban J connectivity index is 1.86. The number of carboxylic acid groups (broad SMARTS) is 1. The second-order valence-corrected chi connectivity index (χ2v) is 6.25. The molecule has 2 aliphatic rings. The van der Waals surface area contributed by atoms with Crippen LogP contribution < -0.4 is 0 Å². The molecule has 1 saturated heterocycles. The molecule has 0 radical (unpaired) electrons. The number of amides is 1. The minimum atomic E-state index is -0.810. The van der Waals surface area contributed by atoms with Gasteiger partial charge in [0, 0.05) is 18.7 Å². The van der Waals surface area contributed by atoms with E-state index in [1.54, 1.807) is 17.9 Å². The van der Waals surface area contributed by atoms with E-state index in [9.17, 15) is 19.1 Å². The second kappa shape index (κ2) is 4.83. The number of rotatable bonds is 2. The predicted octanol–water partition coefficient (Wildman–Crippen LogP) is 2.46. The maximum atomic E-state index is 13.4.